The van der Waals surface area contributed by atoms with Crippen LogP contribution in [0, 0.1) is 0 Å². The van der Waals surface area contributed by atoms with Gasteiger partial charge in [0, 0.05) is 16.8 Å². The fourth-order valence-corrected chi connectivity index (χ4v) is 3.37. The highest BCUT2D eigenvalue weighted by molar-refractivity contribution is 14.0. The molecule has 160 valence electrons. The van der Waals surface area contributed by atoms with Crippen LogP contribution in [0.2, 0.25) is 5.02 Å². The van der Waals surface area contributed by atoms with Crippen LogP contribution in [0.4, 0.5) is 5.69 Å². The zero-order valence-corrected chi connectivity index (χ0v) is 20.4. The summed E-state index contributed by atoms with van der Waals surface area (Å²) in [6.07, 6.45) is 0. The fraction of sp³-hybridized carbons (Fsp3) is 0.381. The average Bonchev–Trinajstić information content (AvgIpc) is 2.71. The molecule has 29 heavy (non-hydrogen) atoms. The molecule has 2 rings (SSSR count). The summed E-state index contributed by atoms with van der Waals surface area (Å²) in [5.41, 5.74) is 7.96. The van der Waals surface area contributed by atoms with E-state index in [2.05, 4.69) is 29.1 Å². The van der Waals surface area contributed by atoms with Crippen LogP contribution >= 0.6 is 35.6 Å². The minimum atomic E-state index is 0. The van der Waals surface area contributed by atoms with Crippen molar-refractivity contribution in [2.45, 2.75) is 19.9 Å². The molecule has 0 spiro atoms. The molecule has 8 heteroatoms. The molecule has 0 radical (unpaired) electrons. The van der Waals surface area contributed by atoms with E-state index < -0.39 is 0 Å². The van der Waals surface area contributed by atoms with Crippen LogP contribution in [0.15, 0.2) is 47.5 Å². The molecule has 0 saturated carbocycles. The van der Waals surface area contributed by atoms with Crippen molar-refractivity contribution >= 4 is 47.2 Å². The predicted molar refractivity (Wildman–Crippen MR) is 132 cm³/mol. The summed E-state index contributed by atoms with van der Waals surface area (Å²) >= 11 is 6.44. The van der Waals surface area contributed by atoms with E-state index in [0.717, 1.165) is 29.4 Å². The van der Waals surface area contributed by atoms with Gasteiger partial charge in [-0.2, -0.15) is 0 Å². The molecule has 6 nitrogen and oxygen atoms in total. The number of ether oxygens (including phenoxy) is 2. The first-order valence-electron chi connectivity index (χ1n) is 9.31. The first-order chi connectivity index (χ1) is 13.5. The third kappa shape index (κ3) is 6.94. The molecule has 1 atom stereocenters. The smallest absolute Gasteiger partial charge is 0.193 e. The highest BCUT2D eigenvalue weighted by atomic mass is 127. The van der Waals surface area contributed by atoms with Crippen LogP contribution in [-0.2, 0) is 0 Å². The summed E-state index contributed by atoms with van der Waals surface area (Å²) in [5.74, 6) is 1.61. The molecular formula is C21H30ClIN4O2. The second-order valence-electron chi connectivity index (χ2n) is 6.18. The van der Waals surface area contributed by atoms with Gasteiger partial charge in [-0.15, -0.1) is 24.0 Å². The topological polar surface area (TPSA) is 72.1 Å². The Morgan fingerprint density at radius 3 is 2.34 bits per heavy atom. The largest absolute Gasteiger partial charge is 0.493 e. The van der Waals surface area contributed by atoms with Crippen molar-refractivity contribution in [2.75, 3.05) is 39.2 Å². The van der Waals surface area contributed by atoms with Crippen molar-refractivity contribution < 1.29 is 9.47 Å². The minimum absolute atomic E-state index is 0. The van der Waals surface area contributed by atoms with E-state index in [1.165, 1.54) is 0 Å². The lowest BCUT2D eigenvalue weighted by Gasteiger charge is -2.29. The molecule has 2 aromatic rings. The molecule has 0 bridgehead atoms. The highest BCUT2D eigenvalue weighted by Gasteiger charge is 2.20. The number of hydrogen-bond donors (Lipinski definition) is 2. The normalized spacial score (nSPS) is 12.3. The molecule has 0 aliphatic rings. The molecular weight excluding hydrogens is 503 g/mol. The lowest BCUT2D eigenvalue weighted by atomic mass is 10.1. The Morgan fingerprint density at radius 2 is 1.76 bits per heavy atom. The number of methoxy groups -OCH3 is 2. The second-order valence-corrected chi connectivity index (χ2v) is 6.59. The number of rotatable bonds is 9. The van der Waals surface area contributed by atoms with Crippen LogP contribution in [0.3, 0.4) is 0 Å². The Hall–Kier alpha value is -1.71. The number of likely N-dealkylation sites (N-methyl/N-ethyl adjacent to an activating group) is 1. The molecule has 3 N–H and O–H groups in total. The maximum Gasteiger partial charge on any atom is 0.193 e. The molecule has 0 aromatic heterocycles. The first-order valence-corrected chi connectivity index (χ1v) is 9.69. The maximum atomic E-state index is 6.44. The molecule has 0 amide bonds. The number of nitrogens with two attached hydrogens (primary N) is 1. The van der Waals surface area contributed by atoms with Crippen molar-refractivity contribution in [3.8, 4) is 11.5 Å². The van der Waals surface area contributed by atoms with Crippen LogP contribution in [0.5, 0.6) is 11.5 Å². The molecule has 0 aliphatic heterocycles. The maximum absolute atomic E-state index is 6.44. The van der Waals surface area contributed by atoms with E-state index in [4.69, 9.17) is 26.8 Å². The SMILES string of the molecule is CCN(CC)C(CN=C(N)Nc1ccc(OC)c(OC)c1)c1ccccc1Cl.I. The van der Waals surface area contributed by atoms with Crippen LogP contribution in [-0.4, -0.2) is 44.7 Å². The van der Waals surface area contributed by atoms with Gasteiger partial charge in [0.15, 0.2) is 17.5 Å². The molecule has 0 aliphatic carbocycles. The van der Waals surface area contributed by atoms with Crippen molar-refractivity contribution in [3.05, 3.63) is 53.1 Å². The quantitative estimate of drug-likeness (QED) is 0.276. The van der Waals surface area contributed by atoms with Gasteiger partial charge in [-0.25, -0.2) is 0 Å². The lowest BCUT2D eigenvalue weighted by Crippen LogP contribution is -2.32. The Labute approximate surface area is 195 Å². The fourth-order valence-electron chi connectivity index (χ4n) is 3.11. The Bertz CT molecular complexity index is 800. The Kier molecular flexibility index (Phi) is 11.2. The minimum Gasteiger partial charge on any atom is -0.493 e. The van der Waals surface area contributed by atoms with E-state index in [-0.39, 0.29) is 30.0 Å². The van der Waals surface area contributed by atoms with E-state index in [9.17, 15) is 0 Å². The number of benzene rings is 2. The van der Waals surface area contributed by atoms with Gasteiger partial charge in [-0.05, 0) is 36.9 Å². The molecule has 2 aromatic carbocycles. The van der Waals surface area contributed by atoms with Crippen molar-refractivity contribution in [3.63, 3.8) is 0 Å². The summed E-state index contributed by atoms with van der Waals surface area (Å²) in [7, 11) is 3.19. The third-order valence-electron chi connectivity index (χ3n) is 4.61. The van der Waals surface area contributed by atoms with E-state index in [0.29, 0.717) is 24.0 Å². The summed E-state index contributed by atoms with van der Waals surface area (Å²) in [5, 5.41) is 3.84. The number of aliphatic imine (C=N–C) groups is 1. The number of nitrogens with one attached hydrogen (secondary N) is 1. The summed E-state index contributed by atoms with van der Waals surface area (Å²) in [4.78, 5) is 6.88. The molecule has 1 unspecified atom stereocenters. The standard InChI is InChI=1S/C21H29ClN4O2.HI/c1-5-26(6-2)18(16-9-7-8-10-17(16)22)14-24-21(23)25-15-11-12-19(27-3)20(13-15)28-4;/h7-13,18H,5-6,14H2,1-4H3,(H3,23,24,25);1H. The zero-order valence-electron chi connectivity index (χ0n) is 17.3. The highest BCUT2D eigenvalue weighted by Crippen LogP contribution is 2.30. The summed E-state index contributed by atoms with van der Waals surface area (Å²) < 4.78 is 10.6. The third-order valence-corrected chi connectivity index (χ3v) is 4.95. The van der Waals surface area contributed by atoms with Gasteiger partial charge in [-0.1, -0.05) is 43.6 Å². The van der Waals surface area contributed by atoms with Gasteiger partial charge >= 0.3 is 0 Å². The zero-order chi connectivity index (χ0) is 20.5. The van der Waals surface area contributed by atoms with Crippen LogP contribution in [0.1, 0.15) is 25.5 Å². The van der Waals surface area contributed by atoms with Gasteiger partial charge in [0.05, 0.1) is 26.8 Å². The van der Waals surface area contributed by atoms with Crippen molar-refractivity contribution in [2.24, 2.45) is 10.7 Å². The van der Waals surface area contributed by atoms with Gasteiger partial charge in [-0.3, -0.25) is 9.89 Å². The Balaban J connectivity index is 0.00000420. The first kappa shape index (κ1) is 25.3. The van der Waals surface area contributed by atoms with Gasteiger partial charge in [0.2, 0.25) is 0 Å². The molecule has 0 fully saturated rings. The van der Waals surface area contributed by atoms with E-state index in [1.54, 1.807) is 14.2 Å². The number of guanidine groups is 1. The van der Waals surface area contributed by atoms with Crippen molar-refractivity contribution in [1.82, 2.24) is 4.90 Å². The number of anilines is 1. The lowest BCUT2D eigenvalue weighted by molar-refractivity contribution is 0.224. The molecule has 0 heterocycles. The summed E-state index contributed by atoms with van der Waals surface area (Å²) in [6.45, 7) is 6.54. The number of hydrogen-bond acceptors (Lipinski definition) is 4. The predicted octanol–water partition coefficient (Wildman–Crippen LogP) is 4.78. The van der Waals surface area contributed by atoms with Gasteiger partial charge in [0.1, 0.15) is 0 Å². The van der Waals surface area contributed by atoms with Crippen LogP contribution < -0.4 is 20.5 Å². The number of nitrogens with zero attached hydrogens (tertiary/aromatic N) is 2. The van der Waals surface area contributed by atoms with E-state index >= 15 is 0 Å². The van der Waals surface area contributed by atoms with Gasteiger partial charge in [0.25, 0.3) is 0 Å². The van der Waals surface area contributed by atoms with E-state index in [1.807, 2.05) is 42.5 Å². The average molecular weight is 533 g/mol. The van der Waals surface area contributed by atoms with Crippen molar-refractivity contribution in [1.29, 1.82) is 0 Å². The number of halogens is 2. The second kappa shape index (κ2) is 12.8. The molecule has 0 saturated heterocycles. The monoisotopic (exact) mass is 532 g/mol. The summed E-state index contributed by atoms with van der Waals surface area (Å²) in [6, 6.07) is 13.4. The van der Waals surface area contributed by atoms with Crippen LogP contribution in [0.25, 0.3) is 0 Å². The Morgan fingerprint density at radius 1 is 1.10 bits per heavy atom. The van der Waals surface area contributed by atoms with Gasteiger partial charge < -0.3 is 20.5 Å².